The fraction of sp³-hybridized carbons (Fsp3) is 0.467. The lowest BCUT2D eigenvalue weighted by Crippen LogP contribution is -2.51. The summed E-state index contributed by atoms with van der Waals surface area (Å²) >= 11 is 0. The van der Waals surface area contributed by atoms with Crippen molar-refractivity contribution in [2.75, 3.05) is 0 Å². The number of carboxylic acid groups (broad SMARTS) is 1. The molecule has 122 valence electrons. The molecule has 0 radical (unpaired) electrons. The van der Waals surface area contributed by atoms with Crippen molar-refractivity contribution in [2.45, 2.75) is 38.0 Å². The number of carbonyl (C=O) groups excluding carboxylic acids is 2. The van der Waals surface area contributed by atoms with Crippen LogP contribution >= 0.6 is 0 Å². The number of carbonyl (C=O) groups is 2. The summed E-state index contributed by atoms with van der Waals surface area (Å²) in [7, 11) is 0. The van der Waals surface area contributed by atoms with Gasteiger partial charge < -0.3 is 20.0 Å². The Hall–Kier alpha value is -2.73. The van der Waals surface area contributed by atoms with Crippen LogP contribution in [0.1, 0.15) is 24.8 Å². The predicted molar refractivity (Wildman–Crippen MR) is 77.0 cm³/mol. The molecule has 0 spiro atoms. The minimum absolute atomic E-state index is 0.102. The molecule has 8 nitrogen and oxygen atoms in total. The van der Waals surface area contributed by atoms with Crippen LogP contribution in [-0.2, 0) is 16.1 Å². The van der Waals surface area contributed by atoms with E-state index in [0.717, 1.165) is 5.56 Å². The highest BCUT2D eigenvalue weighted by Crippen LogP contribution is 2.26. The molecule has 0 aromatic heterocycles. The van der Waals surface area contributed by atoms with Crippen LogP contribution in [-0.4, -0.2) is 24.1 Å². The SMILES string of the molecule is N=[N+]=N[C@H]1CC[C@H](C(=O)[O-])[C@H](NC(=O)OCc2ccccc2)C1. The molecular formula is C15H18N4O4. The number of alkyl carbamates (subject to hydrolysis) is 1. The van der Waals surface area contributed by atoms with Gasteiger partial charge >= 0.3 is 6.09 Å². The van der Waals surface area contributed by atoms with Gasteiger partial charge in [0.1, 0.15) is 23.3 Å². The molecular weight excluding hydrogens is 300 g/mol. The number of hydrogen-bond donors (Lipinski definition) is 2. The number of amides is 1. The second-order valence-corrected chi connectivity index (χ2v) is 5.42. The number of hydrogen-bond acceptors (Lipinski definition) is 6. The van der Waals surface area contributed by atoms with Gasteiger partial charge in [-0.1, -0.05) is 30.3 Å². The van der Waals surface area contributed by atoms with Crippen molar-refractivity contribution in [1.82, 2.24) is 10.2 Å². The van der Waals surface area contributed by atoms with E-state index in [1.807, 2.05) is 30.3 Å². The van der Waals surface area contributed by atoms with E-state index in [-0.39, 0.29) is 12.6 Å². The van der Waals surface area contributed by atoms with Crippen LogP contribution in [0.3, 0.4) is 0 Å². The lowest BCUT2D eigenvalue weighted by atomic mass is 9.82. The third-order valence-corrected chi connectivity index (χ3v) is 3.86. The molecule has 0 heterocycles. The monoisotopic (exact) mass is 318 g/mol. The third kappa shape index (κ3) is 4.89. The third-order valence-electron chi connectivity index (χ3n) is 3.86. The van der Waals surface area contributed by atoms with Gasteiger partial charge in [-0.25, -0.2) is 4.79 Å². The first-order chi connectivity index (χ1) is 11.1. The first-order valence-corrected chi connectivity index (χ1v) is 7.34. The zero-order valence-corrected chi connectivity index (χ0v) is 12.5. The van der Waals surface area contributed by atoms with Crippen molar-refractivity contribution >= 4 is 12.1 Å². The van der Waals surface area contributed by atoms with Crippen LogP contribution < -0.4 is 15.3 Å². The minimum atomic E-state index is -1.21. The zero-order chi connectivity index (χ0) is 16.7. The number of aliphatic carboxylic acids is 1. The first-order valence-electron chi connectivity index (χ1n) is 7.34. The summed E-state index contributed by atoms with van der Waals surface area (Å²) in [6, 6.07) is 8.25. The number of nitrogens with one attached hydrogen (secondary N) is 2. The van der Waals surface area contributed by atoms with Gasteiger partial charge in [-0.3, -0.25) is 0 Å². The predicted octanol–water partition coefficient (Wildman–Crippen LogP) is 0.750. The Balaban J connectivity index is 1.92. The van der Waals surface area contributed by atoms with E-state index < -0.39 is 24.0 Å². The molecule has 1 aromatic rings. The zero-order valence-electron chi connectivity index (χ0n) is 12.5. The van der Waals surface area contributed by atoms with Crippen LogP contribution in [0.5, 0.6) is 0 Å². The molecule has 23 heavy (non-hydrogen) atoms. The van der Waals surface area contributed by atoms with E-state index in [1.54, 1.807) is 0 Å². The Kier molecular flexibility index (Phi) is 5.82. The van der Waals surface area contributed by atoms with Crippen LogP contribution in [0.15, 0.2) is 35.4 Å². The van der Waals surface area contributed by atoms with E-state index in [9.17, 15) is 14.7 Å². The summed E-state index contributed by atoms with van der Waals surface area (Å²) in [4.78, 5) is 26.1. The van der Waals surface area contributed by atoms with Gasteiger partial charge in [-0.2, -0.15) is 0 Å². The van der Waals surface area contributed by atoms with Crippen molar-refractivity contribution in [2.24, 2.45) is 11.0 Å². The number of ether oxygens (including phenoxy) is 1. The summed E-state index contributed by atoms with van der Waals surface area (Å²) in [5.41, 5.74) is 7.60. The van der Waals surface area contributed by atoms with Crippen molar-refractivity contribution < 1.29 is 19.4 Å². The first kappa shape index (κ1) is 16.6. The largest absolute Gasteiger partial charge is 0.550 e. The maximum atomic E-state index is 11.9. The molecule has 1 aliphatic rings. The Morgan fingerprint density at radius 2 is 2.09 bits per heavy atom. The topological polar surface area (TPSA) is 129 Å². The lowest BCUT2D eigenvalue weighted by Gasteiger charge is -2.33. The number of benzene rings is 1. The summed E-state index contributed by atoms with van der Waals surface area (Å²) in [6.07, 6.45) is 0.420. The van der Waals surface area contributed by atoms with Gasteiger partial charge in [-0.05, 0) is 24.8 Å². The summed E-state index contributed by atoms with van der Waals surface area (Å²) in [6.45, 7) is 0.102. The molecule has 0 saturated heterocycles. The molecule has 0 unspecified atom stereocenters. The molecule has 1 fully saturated rings. The van der Waals surface area contributed by atoms with E-state index in [4.69, 9.17) is 10.3 Å². The van der Waals surface area contributed by atoms with E-state index >= 15 is 0 Å². The minimum Gasteiger partial charge on any atom is -0.550 e. The Bertz CT molecular complexity index is 601. The molecule has 1 aromatic carbocycles. The highest BCUT2D eigenvalue weighted by Gasteiger charge is 2.34. The molecule has 1 aliphatic carbocycles. The van der Waals surface area contributed by atoms with E-state index in [1.165, 1.54) is 0 Å². The Morgan fingerprint density at radius 1 is 1.35 bits per heavy atom. The molecule has 0 aliphatic heterocycles. The maximum Gasteiger partial charge on any atom is 0.407 e. The average Bonchev–Trinajstić information content (AvgIpc) is 2.54. The summed E-state index contributed by atoms with van der Waals surface area (Å²) in [5.74, 6) is -2.00. The van der Waals surface area contributed by atoms with Crippen LogP contribution in [0.25, 0.3) is 0 Å². The normalized spacial score (nSPS) is 23.4. The van der Waals surface area contributed by atoms with Gasteiger partial charge in [0.2, 0.25) is 4.91 Å². The second kappa shape index (κ2) is 8.05. The standard InChI is InChI=1S/C15H18N4O4/c16-19-18-11-6-7-12(14(20)21)13(8-11)17-15(22)23-9-10-4-2-1-3-5-10/h1-5,11-13,16H,6-9H2,(H-,17,20,21,22)/t11-,12-,13+/m0/s1. The molecule has 0 bridgehead atoms. The smallest absolute Gasteiger partial charge is 0.407 e. The molecule has 2 rings (SSSR count). The van der Waals surface area contributed by atoms with E-state index in [0.29, 0.717) is 19.3 Å². The molecule has 3 atom stereocenters. The van der Waals surface area contributed by atoms with Crippen molar-refractivity contribution in [3.63, 3.8) is 0 Å². The number of carboxylic acids is 1. The van der Waals surface area contributed by atoms with Gasteiger partial charge in [0.25, 0.3) is 0 Å². The Morgan fingerprint density at radius 3 is 2.74 bits per heavy atom. The number of rotatable bonds is 5. The fourth-order valence-electron chi connectivity index (χ4n) is 2.69. The van der Waals surface area contributed by atoms with Gasteiger partial charge in [0, 0.05) is 17.9 Å². The molecule has 2 N–H and O–H groups in total. The van der Waals surface area contributed by atoms with Gasteiger partial charge in [0.05, 0.1) is 0 Å². The van der Waals surface area contributed by atoms with Gasteiger partial charge in [-0.15, -0.1) is 0 Å². The maximum absolute atomic E-state index is 11.9. The van der Waals surface area contributed by atoms with Crippen LogP contribution in [0.4, 0.5) is 4.79 Å². The average molecular weight is 318 g/mol. The van der Waals surface area contributed by atoms with Crippen molar-refractivity contribution in [3.8, 4) is 0 Å². The number of nitrogens with zero attached hydrogens (tertiary/aromatic N) is 2. The fourth-order valence-corrected chi connectivity index (χ4v) is 2.69. The highest BCUT2D eigenvalue weighted by atomic mass is 16.5. The molecule has 8 heteroatoms. The lowest BCUT2D eigenvalue weighted by molar-refractivity contribution is -0.313. The summed E-state index contributed by atoms with van der Waals surface area (Å²) in [5, 5.41) is 17.5. The molecule has 1 amide bonds. The van der Waals surface area contributed by atoms with Crippen LogP contribution in [0, 0.1) is 11.4 Å². The Labute approximate surface area is 133 Å². The van der Waals surface area contributed by atoms with Gasteiger partial charge in [0.15, 0.2) is 0 Å². The highest BCUT2D eigenvalue weighted by molar-refractivity contribution is 5.72. The quantitative estimate of drug-likeness (QED) is 0.613. The van der Waals surface area contributed by atoms with Crippen molar-refractivity contribution in [1.29, 1.82) is 5.53 Å². The second-order valence-electron chi connectivity index (χ2n) is 5.42. The van der Waals surface area contributed by atoms with Crippen molar-refractivity contribution in [3.05, 3.63) is 35.9 Å². The summed E-state index contributed by atoms with van der Waals surface area (Å²) < 4.78 is 5.10. The molecule has 1 saturated carbocycles. The van der Waals surface area contributed by atoms with Crippen LogP contribution in [0.2, 0.25) is 0 Å². The van der Waals surface area contributed by atoms with E-state index in [2.05, 4.69) is 15.3 Å².